The van der Waals surface area contributed by atoms with Gasteiger partial charge in [-0.1, -0.05) is 36.4 Å². The largest absolute Gasteiger partial charge is 0.428 e. The summed E-state index contributed by atoms with van der Waals surface area (Å²) in [6.45, 7) is 0. The summed E-state index contributed by atoms with van der Waals surface area (Å²) in [7, 11) is 0. The Kier molecular flexibility index (Phi) is 1.58. The Hall–Kier alpha value is -1.87. The Labute approximate surface area is 85.9 Å². The lowest BCUT2D eigenvalue weighted by Gasteiger charge is -2.02. The van der Waals surface area contributed by atoms with Crippen LogP contribution in [0, 0.1) is 0 Å². The van der Waals surface area contributed by atoms with E-state index < -0.39 is 12.3 Å². The smallest absolute Gasteiger partial charge is 0.341 e. The maximum absolute atomic E-state index is 11.5. The number of esters is 1. The van der Waals surface area contributed by atoms with Crippen LogP contribution in [0.15, 0.2) is 36.4 Å². The molecule has 3 rings (SSSR count). The van der Waals surface area contributed by atoms with Crippen LogP contribution in [0.3, 0.4) is 0 Å². The molecular weight excluding hydrogens is 192 g/mol. The van der Waals surface area contributed by atoms with Crippen molar-refractivity contribution in [2.24, 2.45) is 0 Å². The third kappa shape index (κ3) is 1.07. The molecule has 1 N–H and O–H groups in total. The van der Waals surface area contributed by atoms with Crippen molar-refractivity contribution < 1.29 is 14.6 Å². The van der Waals surface area contributed by atoms with E-state index in [1.807, 2.05) is 30.3 Å². The standard InChI is InChI=1S/C12H8O3/c13-11-9-6-5-7-3-1-2-4-8(7)10(9)12(14)15-11/h1-6,11,13H. The lowest BCUT2D eigenvalue weighted by Crippen LogP contribution is -1.96. The number of ether oxygens (including phenoxy) is 1. The van der Waals surface area contributed by atoms with Crippen LogP contribution in [0.2, 0.25) is 0 Å². The van der Waals surface area contributed by atoms with Crippen LogP contribution in [0.4, 0.5) is 0 Å². The quantitative estimate of drug-likeness (QED) is 0.661. The first-order valence-corrected chi connectivity index (χ1v) is 4.68. The second-order valence-corrected chi connectivity index (χ2v) is 3.51. The summed E-state index contributed by atoms with van der Waals surface area (Å²) in [5.74, 6) is -0.450. The molecule has 0 radical (unpaired) electrons. The van der Waals surface area contributed by atoms with Crippen LogP contribution >= 0.6 is 0 Å². The van der Waals surface area contributed by atoms with Crippen molar-refractivity contribution in [1.29, 1.82) is 0 Å². The van der Waals surface area contributed by atoms with Gasteiger partial charge in [0.25, 0.3) is 0 Å². The first-order valence-electron chi connectivity index (χ1n) is 4.68. The highest BCUT2D eigenvalue weighted by molar-refractivity contribution is 6.07. The van der Waals surface area contributed by atoms with Crippen molar-refractivity contribution in [2.45, 2.75) is 6.29 Å². The zero-order valence-electron chi connectivity index (χ0n) is 7.81. The molecule has 15 heavy (non-hydrogen) atoms. The van der Waals surface area contributed by atoms with E-state index in [1.165, 1.54) is 0 Å². The summed E-state index contributed by atoms with van der Waals surface area (Å²) in [4.78, 5) is 11.5. The van der Waals surface area contributed by atoms with Crippen molar-refractivity contribution >= 4 is 16.7 Å². The van der Waals surface area contributed by atoms with Crippen LogP contribution in [0.25, 0.3) is 10.8 Å². The fraction of sp³-hybridized carbons (Fsp3) is 0.0833. The second kappa shape index (κ2) is 2.81. The van der Waals surface area contributed by atoms with Crippen molar-refractivity contribution in [1.82, 2.24) is 0 Å². The molecule has 0 amide bonds. The minimum atomic E-state index is -1.11. The van der Waals surface area contributed by atoms with Crippen LogP contribution in [0.5, 0.6) is 0 Å². The molecule has 2 aromatic rings. The normalized spacial score (nSPS) is 19.0. The van der Waals surface area contributed by atoms with Crippen molar-refractivity contribution in [3.63, 3.8) is 0 Å². The van der Waals surface area contributed by atoms with Gasteiger partial charge < -0.3 is 9.84 Å². The van der Waals surface area contributed by atoms with E-state index >= 15 is 0 Å². The molecule has 0 saturated carbocycles. The van der Waals surface area contributed by atoms with E-state index in [0.717, 1.165) is 10.8 Å². The van der Waals surface area contributed by atoms with Crippen molar-refractivity contribution in [3.8, 4) is 0 Å². The zero-order valence-corrected chi connectivity index (χ0v) is 7.81. The third-order valence-corrected chi connectivity index (χ3v) is 2.65. The van der Waals surface area contributed by atoms with Gasteiger partial charge in [-0.2, -0.15) is 0 Å². The highest BCUT2D eigenvalue weighted by Gasteiger charge is 2.30. The predicted octanol–water partition coefficient (Wildman–Crippen LogP) is 2.00. The molecule has 3 nitrogen and oxygen atoms in total. The number of hydrogen-bond donors (Lipinski definition) is 1. The molecule has 0 bridgehead atoms. The number of carbonyl (C=O) groups excluding carboxylic acids is 1. The molecule has 1 atom stereocenters. The highest BCUT2D eigenvalue weighted by Crippen LogP contribution is 2.33. The highest BCUT2D eigenvalue weighted by atomic mass is 16.6. The van der Waals surface area contributed by atoms with Crippen LogP contribution in [0.1, 0.15) is 22.2 Å². The van der Waals surface area contributed by atoms with Crippen molar-refractivity contribution in [2.75, 3.05) is 0 Å². The van der Waals surface area contributed by atoms with E-state index in [2.05, 4.69) is 0 Å². The van der Waals surface area contributed by atoms with E-state index in [0.29, 0.717) is 11.1 Å². The van der Waals surface area contributed by atoms with Gasteiger partial charge in [0.2, 0.25) is 6.29 Å². The lowest BCUT2D eigenvalue weighted by molar-refractivity contribution is -0.0547. The molecule has 2 aromatic carbocycles. The van der Waals surface area contributed by atoms with E-state index in [9.17, 15) is 9.90 Å². The molecule has 0 spiro atoms. The minimum absolute atomic E-state index is 0.450. The number of hydrogen-bond acceptors (Lipinski definition) is 3. The van der Waals surface area contributed by atoms with Gasteiger partial charge in [-0.25, -0.2) is 4.79 Å². The van der Waals surface area contributed by atoms with Gasteiger partial charge in [0.15, 0.2) is 0 Å². The number of cyclic esters (lactones) is 1. The molecule has 74 valence electrons. The molecule has 0 fully saturated rings. The van der Waals surface area contributed by atoms with Gasteiger partial charge in [-0.15, -0.1) is 0 Å². The fourth-order valence-electron chi connectivity index (χ4n) is 1.95. The van der Waals surface area contributed by atoms with E-state index in [1.54, 1.807) is 6.07 Å². The number of aliphatic hydroxyl groups is 1. The predicted molar refractivity (Wildman–Crippen MR) is 54.3 cm³/mol. The zero-order chi connectivity index (χ0) is 10.4. The maximum atomic E-state index is 11.5. The number of aliphatic hydroxyl groups excluding tert-OH is 1. The molecule has 0 aromatic heterocycles. The summed E-state index contributed by atoms with van der Waals surface area (Å²) in [6, 6.07) is 11.2. The average Bonchev–Trinajstić information content (AvgIpc) is 2.55. The number of carbonyl (C=O) groups is 1. The molecule has 1 heterocycles. The minimum Gasteiger partial charge on any atom is -0.428 e. The lowest BCUT2D eigenvalue weighted by atomic mass is 10.0. The summed E-state index contributed by atoms with van der Waals surface area (Å²) in [5.41, 5.74) is 1.04. The van der Waals surface area contributed by atoms with Gasteiger partial charge >= 0.3 is 5.97 Å². The molecule has 0 saturated heterocycles. The second-order valence-electron chi connectivity index (χ2n) is 3.51. The van der Waals surface area contributed by atoms with E-state index in [4.69, 9.17) is 4.74 Å². The van der Waals surface area contributed by atoms with Gasteiger partial charge in [0, 0.05) is 5.56 Å². The van der Waals surface area contributed by atoms with Gasteiger partial charge in [-0.3, -0.25) is 0 Å². The molecule has 1 aliphatic heterocycles. The van der Waals surface area contributed by atoms with Gasteiger partial charge in [-0.05, 0) is 10.8 Å². The summed E-state index contributed by atoms with van der Waals surface area (Å²) in [6.07, 6.45) is -1.11. The number of rotatable bonds is 0. The summed E-state index contributed by atoms with van der Waals surface area (Å²) >= 11 is 0. The Morgan fingerprint density at radius 2 is 1.93 bits per heavy atom. The summed E-state index contributed by atoms with van der Waals surface area (Å²) < 4.78 is 4.76. The average molecular weight is 200 g/mol. The molecular formula is C12H8O3. The SMILES string of the molecule is O=C1OC(O)c2ccc3ccccc3c21. The van der Waals surface area contributed by atoms with Gasteiger partial charge in [0.1, 0.15) is 0 Å². The third-order valence-electron chi connectivity index (χ3n) is 2.65. The Balaban J connectivity index is 2.44. The molecule has 0 aliphatic carbocycles. The molecule has 1 aliphatic rings. The Morgan fingerprint density at radius 1 is 1.13 bits per heavy atom. The van der Waals surface area contributed by atoms with Crippen LogP contribution in [-0.4, -0.2) is 11.1 Å². The van der Waals surface area contributed by atoms with E-state index in [-0.39, 0.29) is 0 Å². The maximum Gasteiger partial charge on any atom is 0.341 e. The number of benzene rings is 2. The monoisotopic (exact) mass is 200 g/mol. The molecule has 1 unspecified atom stereocenters. The Morgan fingerprint density at radius 3 is 2.80 bits per heavy atom. The first-order chi connectivity index (χ1) is 7.27. The van der Waals surface area contributed by atoms with Crippen LogP contribution < -0.4 is 0 Å². The van der Waals surface area contributed by atoms with Crippen molar-refractivity contribution in [3.05, 3.63) is 47.5 Å². The summed E-state index contributed by atoms with van der Waals surface area (Å²) in [5, 5.41) is 11.3. The van der Waals surface area contributed by atoms with Crippen LogP contribution in [-0.2, 0) is 4.74 Å². The topological polar surface area (TPSA) is 46.5 Å². The number of fused-ring (bicyclic) bond motifs is 3. The molecule has 3 heteroatoms. The first kappa shape index (κ1) is 8.44. The Bertz CT molecular complexity index is 560. The fourth-order valence-corrected chi connectivity index (χ4v) is 1.95. The van der Waals surface area contributed by atoms with Gasteiger partial charge in [0.05, 0.1) is 5.56 Å².